The molecule has 2 nitrogen and oxygen atoms in total. The maximum Gasteiger partial charge on any atom is 0.135 e. The molecule has 0 fully saturated rings. The van der Waals surface area contributed by atoms with Crippen LogP contribution in [0.15, 0.2) is 70.6 Å². The topological polar surface area (TPSA) is 24.7 Å². The van der Waals surface area contributed by atoms with E-state index in [0.717, 1.165) is 54.9 Å². The molecule has 0 N–H and O–H groups in total. The zero-order valence-electron chi connectivity index (χ0n) is 16.9. The van der Waals surface area contributed by atoms with Crippen LogP contribution in [0.5, 0.6) is 0 Å². The monoisotopic (exact) mass is 416 g/mol. The van der Waals surface area contributed by atoms with E-state index in [9.17, 15) is 0 Å². The van der Waals surface area contributed by atoms with E-state index in [-0.39, 0.29) is 16.5 Å². The third-order valence-corrected chi connectivity index (χ3v) is 4.17. The van der Waals surface area contributed by atoms with E-state index < -0.39 is 0 Å². The third kappa shape index (κ3) is 9.16. The molecular formula is C25H30N2Ni. The minimum absolute atomic E-state index is 0. The molecule has 0 spiro atoms. The number of benzene rings is 2. The first-order chi connectivity index (χ1) is 13.3. The molecule has 0 saturated carbocycles. The SMILES string of the molecule is CCCCCC#CC(=N\c1ccccc1)/C(CCCC)=N/c1ccccc1.[Ni]. The Bertz CT molecular complexity index is 784. The van der Waals surface area contributed by atoms with Crippen molar-refractivity contribution in [2.75, 3.05) is 0 Å². The summed E-state index contributed by atoms with van der Waals surface area (Å²) in [7, 11) is 0. The Balaban J connectivity index is 0.00000392. The molecule has 2 rings (SSSR count). The van der Waals surface area contributed by atoms with Crippen LogP contribution in [0.4, 0.5) is 11.4 Å². The molecule has 0 aliphatic heterocycles. The van der Waals surface area contributed by atoms with Crippen LogP contribution < -0.4 is 0 Å². The number of aliphatic imine (C=N–C) groups is 2. The van der Waals surface area contributed by atoms with Crippen LogP contribution in [-0.4, -0.2) is 11.4 Å². The van der Waals surface area contributed by atoms with Crippen LogP contribution in [0.1, 0.15) is 58.8 Å². The van der Waals surface area contributed by atoms with Crippen molar-refractivity contribution in [3.8, 4) is 11.8 Å². The molecule has 0 aromatic heterocycles. The standard InChI is InChI=1S/C25H30N2.Ni/c1-3-5-7-8-15-21-25(27-23-18-13-10-14-19-23)24(20-6-4-2)26-22-16-11-9-12-17-22;/h9-14,16-19H,3-8,20H2,1-2H3;/b26-24+,27-25+;. The first kappa shape index (κ1) is 23.9. The fourth-order valence-electron chi connectivity index (χ4n) is 2.64. The summed E-state index contributed by atoms with van der Waals surface area (Å²) in [6.45, 7) is 4.41. The van der Waals surface area contributed by atoms with Gasteiger partial charge in [-0.1, -0.05) is 75.4 Å². The number of para-hydroxylation sites is 2. The second kappa shape index (κ2) is 14.8. The maximum atomic E-state index is 4.89. The maximum absolute atomic E-state index is 4.89. The van der Waals surface area contributed by atoms with E-state index in [2.05, 4.69) is 25.7 Å². The fraction of sp³-hybridized carbons (Fsp3) is 0.360. The molecule has 0 bridgehead atoms. The fourth-order valence-corrected chi connectivity index (χ4v) is 2.64. The molecule has 0 aliphatic carbocycles. The van der Waals surface area contributed by atoms with E-state index in [1.807, 2.05) is 60.7 Å². The third-order valence-electron chi connectivity index (χ3n) is 4.17. The summed E-state index contributed by atoms with van der Waals surface area (Å²) < 4.78 is 0. The molecule has 0 aliphatic rings. The van der Waals surface area contributed by atoms with E-state index in [1.165, 1.54) is 12.8 Å². The predicted octanol–water partition coefficient (Wildman–Crippen LogP) is 7.30. The minimum Gasteiger partial charge on any atom is -0.251 e. The Kier molecular flexibility index (Phi) is 12.7. The van der Waals surface area contributed by atoms with Crippen LogP contribution in [0.25, 0.3) is 0 Å². The first-order valence-electron chi connectivity index (χ1n) is 10.1. The van der Waals surface area contributed by atoms with Crippen LogP contribution in [0.2, 0.25) is 0 Å². The molecule has 3 heteroatoms. The van der Waals surface area contributed by atoms with Gasteiger partial charge in [0, 0.05) is 22.9 Å². The summed E-state index contributed by atoms with van der Waals surface area (Å²) in [4.78, 5) is 9.73. The molecule has 0 amide bonds. The van der Waals surface area contributed by atoms with Crippen molar-refractivity contribution >= 4 is 22.8 Å². The van der Waals surface area contributed by atoms with Crippen molar-refractivity contribution in [2.24, 2.45) is 9.98 Å². The van der Waals surface area contributed by atoms with Crippen LogP contribution in [-0.2, 0) is 16.5 Å². The van der Waals surface area contributed by atoms with E-state index in [4.69, 9.17) is 9.98 Å². The number of rotatable bonds is 9. The average molecular weight is 417 g/mol. The van der Waals surface area contributed by atoms with Crippen molar-refractivity contribution in [1.82, 2.24) is 0 Å². The molecular weight excluding hydrogens is 387 g/mol. The zero-order chi connectivity index (χ0) is 19.2. The van der Waals surface area contributed by atoms with Gasteiger partial charge in [0.1, 0.15) is 5.71 Å². The minimum atomic E-state index is 0. The van der Waals surface area contributed by atoms with Crippen molar-refractivity contribution in [1.29, 1.82) is 0 Å². The van der Waals surface area contributed by atoms with Gasteiger partial charge in [0.15, 0.2) is 0 Å². The molecule has 0 unspecified atom stereocenters. The Labute approximate surface area is 180 Å². The molecule has 150 valence electrons. The van der Waals surface area contributed by atoms with Gasteiger partial charge in [-0.15, -0.1) is 0 Å². The molecule has 0 heterocycles. The molecule has 2 aromatic rings. The molecule has 0 saturated heterocycles. The summed E-state index contributed by atoms with van der Waals surface area (Å²) in [5, 5.41) is 0. The van der Waals surface area contributed by atoms with Gasteiger partial charge in [-0.25, -0.2) is 4.99 Å². The van der Waals surface area contributed by atoms with E-state index in [0.29, 0.717) is 0 Å². The van der Waals surface area contributed by atoms with Gasteiger partial charge in [0.2, 0.25) is 0 Å². The summed E-state index contributed by atoms with van der Waals surface area (Å²) in [6, 6.07) is 20.1. The van der Waals surface area contributed by atoms with Gasteiger partial charge in [-0.2, -0.15) is 0 Å². The molecule has 2 aromatic carbocycles. The van der Waals surface area contributed by atoms with Crippen molar-refractivity contribution in [2.45, 2.75) is 58.8 Å². The summed E-state index contributed by atoms with van der Waals surface area (Å²) in [6.07, 6.45) is 7.58. The average Bonchev–Trinajstić information content (AvgIpc) is 2.71. The van der Waals surface area contributed by atoms with Gasteiger partial charge in [-0.3, -0.25) is 4.99 Å². The molecule has 0 radical (unpaired) electrons. The zero-order valence-corrected chi connectivity index (χ0v) is 17.9. The van der Waals surface area contributed by atoms with Crippen molar-refractivity contribution < 1.29 is 16.5 Å². The van der Waals surface area contributed by atoms with Gasteiger partial charge in [0.05, 0.1) is 17.1 Å². The molecule has 28 heavy (non-hydrogen) atoms. The second-order valence-corrected chi connectivity index (χ2v) is 6.55. The smallest absolute Gasteiger partial charge is 0.135 e. The largest absolute Gasteiger partial charge is 0.251 e. The van der Waals surface area contributed by atoms with Crippen LogP contribution >= 0.6 is 0 Å². The Morgan fingerprint density at radius 2 is 1.32 bits per heavy atom. The first-order valence-corrected chi connectivity index (χ1v) is 10.1. The second-order valence-electron chi connectivity index (χ2n) is 6.55. The number of nitrogens with zero attached hydrogens (tertiary/aromatic N) is 2. The van der Waals surface area contributed by atoms with Crippen LogP contribution in [0, 0.1) is 11.8 Å². The van der Waals surface area contributed by atoms with Gasteiger partial charge in [-0.05, 0) is 49.4 Å². The Morgan fingerprint density at radius 1 is 0.750 bits per heavy atom. The van der Waals surface area contributed by atoms with Crippen LogP contribution in [0.3, 0.4) is 0 Å². The number of unbranched alkanes of at least 4 members (excludes halogenated alkanes) is 4. The van der Waals surface area contributed by atoms with Gasteiger partial charge >= 0.3 is 0 Å². The quantitative estimate of drug-likeness (QED) is 0.177. The Morgan fingerprint density at radius 3 is 1.89 bits per heavy atom. The van der Waals surface area contributed by atoms with E-state index >= 15 is 0 Å². The Hall–Kier alpha value is -2.17. The normalized spacial score (nSPS) is 11.4. The van der Waals surface area contributed by atoms with Crippen molar-refractivity contribution in [3.05, 3.63) is 60.7 Å². The summed E-state index contributed by atoms with van der Waals surface area (Å²) in [5.41, 5.74) is 3.66. The summed E-state index contributed by atoms with van der Waals surface area (Å²) >= 11 is 0. The predicted molar refractivity (Wildman–Crippen MR) is 119 cm³/mol. The molecule has 0 atom stereocenters. The summed E-state index contributed by atoms with van der Waals surface area (Å²) in [5.74, 6) is 6.65. The van der Waals surface area contributed by atoms with Crippen molar-refractivity contribution in [3.63, 3.8) is 0 Å². The van der Waals surface area contributed by atoms with Gasteiger partial charge in [0.25, 0.3) is 0 Å². The number of hydrogen-bond donors (Lipinski definition) is 0. The van der Waals surface area contributed by atoms with E-state index in [1.54, 1.807) is 0 Å². The van der Waals surface area contributed by atoms with Gasteiger partial charge < -0.3 is 0 Å². The number of hydrogen-bond acceptors (Lipinski definition) is 2.